The Kier molecular flexibility index (Phi) is 4.16. The molecule has 2 aromatic heterocycles. The molecule has 4 rings (SSSR count). The highest BCUT2D eigenvalue weighted by molar-refractivity contribution is 7.13. The van der Waals surface area contributed by atoms with E-state index in [0.717, 1.165) is 41.5 Å². The van der Waals surface area contributed by atoms with Crippen LogP contribution in [-0.4, -0.2) is 14.8 Å². The maximum absolute atomic E-state index is 14.1. The SMILES string of the molecule is C[C@H](NCc1ccc(F)c(-c2cccs2)c1)c1nnc2n1CCC2. The second-order valence-electron chi connectivity index (χ2n) is 6.12. The highest BCUT2D eigenvalue weighted by atomic mass is 32.1. The van der Waals surface area contributed by atoms with Gasteiger partial charge >= 0.3 is 0 Å². The Morgan fingerprint density at radius 3 is 3.08 bits per heavy atom. The average Bonchev–Trinajstić information content (AvgIpc) is 3.31. The Balaban J connectivity index is 1.49. The number of fused-ring (bicyclic) bond motifs is 1. The molecule has 1 aliphatic heterocycles. The predicted octanol–water partition coefficient (Wildman–Crippen LogP) is 3.94. The number of rotatable bonds is 5. The number of thiophene rings is 1. The number of aromatic nitrogens is 3. The fourth-order valence-corrected chi connectivity index (χ4v) is 3.90. The molecule has 1 aliphatic rings. The zero-order valence-electron chi connectivity index (χ0n) is 13.5. The van der Waals surface area contributed by atoms with E-state index in [9.17, 15) is 4.39 Å². The van der Waals surface area contributed by atoms with E-state index in [2.05, 4.69) is 27.0 Å². The molecule has 0 saturated heterocycles. The first-order valence-electron chi connectivity index (χ1n) is 8.20. The molecule has 1 atom stereocenters. The van der Waals surface area contributed by atoms with Gasteiger partial charge in [0.1, 0.15) is 17.5 Å². The molecule has 1 aromatic carbocycles. The van der Waals surface area contributed by atoms with Crippen LogP contribution < -0.4 is 5.32 Å². The van der Waals surface area contributed by atoms with Crippen LogP contribution in [0.2, 0.25) is 0 Å². The molecule has 6 heteroatoms. The van der Waals surface area contributed by atoms with Gasteiger partial charge in [0.25, 0.3) is 0 Å². The summed E-state index contributed by atoms with van der Waals surface area (Å²) >= 11 is 1.55. The second kappa shape index (κ2) is 6.45. The van der Waals surface area contributed by atoms with Crippen molar-refractivity contribution in [1.29, 1.82) is 0 Å². The Morgan fingerprint density at radius 1 is 1.33 bits per heavy atom. The Morgan fingerprint density at radius 2 is 2.25 bits per heavy atom. The van der Waals surface area contributed by atoms with Gasteiger partial charge in [-0.3, -0.25) is 0 Å². The molecule has 124 valence electrons. The summed E-state index contributed by atoms with van der Waals surface area (Å²) < 4.78 is 16.3. The minimum absolute atomic E-state index is 0.111. The second-order valence-corrected chi connectivity index (χ2v) is 7.07. The number of nitrogens with zero attached hydrogens (tertiary/aromatic N) is 3. The molecule has 1 N–H and O–H groups in total. The Labute approximate surface area is 144 Å². The van der Waals surface area contributed by atoms with E-state index in [4.69, 9.17) is 0 Å². The van der Waals surface area contributed by atoms with Crippen LogP contribution in [0.1, 0.15) is 36.6 Å². The van der Waals surface area contributed by atoms with Crippen LogP contribution in [0.5, 0.6) is 0 Å². The molecule has 0 fully saturated rings. The lowest BCUT2D eigenvalue weighted by Gasteiger charge is -2.14. The van der Waals surface area contributed by atoms with Crippen molar-refractivity contribution in [3.63, 3.8) is 0 Å². The molecule has 4 nitrogen and oxygen atoms in total. The third-order valence-electron chi connectivity index (χ3n) is 4.46. The number of hydrogen-bond acceptors (Lipinski definition) is 4. The van der Waals surface area contributed by atoms with E-state index < -0.39 is 0 Å². The monoisotopic (exact) mass is 342 g/mol. The van der Waals surface area contributed by atoms with Crippen molar-refractivity contribution in [1.82, 2.24) is 20.1 Å². The van der Waals surface area contributed by atoms with Gasteiger partial charge in [-0.05, 0) is 42.5 Å². The van der Waals surface area contributed by atoms with Crippen molar-refractivity contribution >= 4 is 11.3 Å². The number of halogens is 1. The molecule has 0 saturated carbocycles. The van der Waals surface area contributed by atoms with E-state index >= 15 is 0 Å². The van der Waals surface area contributed by atoms with E-state index in [1.54, 1.807) is 17.4 Å². The standard InChI is InChI=1S/C18H19FN4S/c1-12(18-22-21-17-5-2-8-23(17)18)20-11-13-6-7-15(19)14(10-13)16-4-3-9-24-16/h3-4,6-7,9-10,12,20H,2,5,8,11H2,1H3/t12-/m0/s1. The normalized spacial score (nSPS) is 14.8. The van der Waals surface area contributed by atoms with Gasteiger partial charge in [-0.2, -0.15) is 0 Å². The lowest BCUT2D eigenvalue weighted by molar-refractivity contribution is 0.515. The maximum atomic E-state index is 14.1. The lowest BCUT2D eigenvalue weighted by Crippen LogP contribution is -2.21. The largest absolute Gasteiger partial charge is 0.314 e. The van der Waals surface area contributed by atoms with Gasteiger partial charge in [-0.15, -0.1) is 21.5 Å². The highest BCUT2D eigenvalue weighted by Gasteiger charge is 2.21. The number of benzene rings is 1. The van der Waals surface area contributed by atoms with Crippen molar-refractivity contribution in [2.75, 3.05) is 0 Å². The first kappa shape index (κ1) is 15.5. The number of nitrogens with one attached hydrogen (secondary N) is 1. The lowest BCUT2D eigenvalue weighted by atomic mass is 10.1. The van der Waals surface area contributed by atoms with Gasteiger partial charge in [0.05, 0.1) is 6.04 Å². The van der Waals surface area contributed by atoms with Crippen LogP contribution >= 0.6 is 11.3 Å². The fourth-order valence-electron chi connectivity index (χ4n) is 3.16. The van der Waals surface area contributed by atoms with E-state index in [0.29, 0.717) is 12.1 Å². The van der Waals surface area contributed by atoms with Crippen molar-refractivity contribution in [2.24, 2.45) is 0 Å². The van der Waals surface area contributed by atoms with Gasteiger partial charge in [-0.25, -0.2) is 4.39 Å². The highest BCUT2D eigenvalue weighted by Crippen LogP contribution is 2.28. The number of hydrogen-bond donors (Lipinski definition) is 1. The molecule has 24 heavy (non-hydrogen) atoms. The number of aryl methyl sites for hydroxylation is 1. The first-order chi connectivity index (χ1) is 11.7. The van der Waals surface area contributed by atoms with Crippen LogP contribution in [0.3, 0.4) is 0 Å². The summed E-state index contributed by atoms with van der Waals surface area (Å²) in [6.07, 6.45) is 2.16. The Bertz CT molecular complexity index is 841. The molecule has 0 unspecified atom stereocenters. The minimum Gasteiger partial charge on any atom is -0.314 e. The van der Waals surface area contributed by atoms with Crippen LogP contribution in [0.15, 0.2) is 35.7 Å². The van der Waals surface area contributed by atoms with Gasteiger partial charge in [-0.1, -0.05) is 12.1 Å². The minimum atomic E-state index is -0.176. The summed E-state index contributed by atoms with van der Waals surface area (Å²) in [6.45, 7) is 3.77. The molecule has 0 amide bonds. The quantitative estimate of drug-likeness (QED) is 0.764. The van der Waals surface area contributed by atoms with Crippen LogP contribution in [0.4, 0.5) is 4.39 Å². The summed E-state index contributed by atoms with van der Waals surface area (Å²) in [7, 11) is 0. The topological polar surface area (TPSA) is 42.7 Å². The third kappa shape index (κ3) is 2.87. The first-order valence-corrected chi connectivity index (χ1v) is 9.08. The predicted molar refractivity (Wildman–Crippen MR) is 93.3 cm³/mol. The zero-order valence-corrected chi connectivity index (χ0v) is 14.3. The third-order valence-corrected chi connectivity index (χ3v) is 5.36. The molecule has 3 aromatic rings. The summed E-state index contributed by atoms with van der Waals surface area (Å²) in [6, 6.07) is 9.31. The van der Waals surface area contributed by atoms with Crippen molar-refractivity contribution in [2.45, 2.75) is 38.9 Å². The molecular weight excluding hydrogens is 323 g/mol. The maximum Gasteiger partial charge on any atom is 0.149 e. The molecule has 0 bridgehead atoms. The van der Waals surface area contributed by atoms with E-state index in [1.807, 2.05) is 29.6 Å². The van der Waals surface area contributed by atoms with Crippen LogP contribution in [0.25, 0.3) is 10.4 Å². The van der Waals surface area contributed by atoms with Crippen molar-refractivity contribution in [3.8, 4) is 10.4 Å². The van der Waals surface area contributed by atoms with Gasteiger partial charge in [0.2, 0.25) is 0 Å². The van der Waals surface area contributed by atoms with Gasteiger partial charge < -0.3 is 9.88 Å². The van der Waals surface area contributed by atoms with Gasteiger partial charge in [0.15, 0.2) is 0 Å². The van der Waals surface area contributed by atoms with Gasteiger partial charge in [0, 0.05) is 30.0 Å². The fraction of sp³-hybridized carbons (Fsp3) is 0.333. The molecule has 3 heterocycles. The summed E-state index contributed by atoms with van der Waals surface area (Å²) in [5.41, 5.74) is 1.73. The smallest absolute Gasteiger partial charge is 0.149 e. The molecule has 0 radical (unpaired) electrons. The molecule has 0 aliphatic carbocycles. The molecule has 0 spiro atoms. The average molecular weight is 342 g/mol. The van der Waals surface area contributed by atoms with E-state index in [1.165, 1.54) is 0 Å². The zero-order chi connectivity index (χ0) is 16.5. The van der Waals surface area contributed by atoms with Crippen LogP contribution in [-0.2, 0) is 19.5 Å². The van der Waals surface area contributed by atoms with Crippen LogP contribution in [0, 0.1) is 5.82 Å². The van der Waals surface area contributed by atoms with Crippen molar-refractivity contribution in [3.05, 3.63) is 58.7 Å². The summed E-state index contributed by atoms with van der Waals surface area (Å²) in [4.78, 5) is 0.956. The molecular formula is C18H19FN4S. The van der Waals surface area contributed by atoms with E-state index in [-0.39, 0.29) is 11.9 Å². The Hall–Kier alpha value is -2.05. The summed E-state index contributed by atoms with van der Waals surface area (Å²) in [5.74, 6) is 1.90. The van der Waals surface area contributed by atoms with Crippen molar-refractivity contribution < 1.29 is 4.39 Å². The summed E-state index contributed by atoms with van der Waals surface area (Å²) in [5, 5.41) is 14.0.